The van der Waals surface area contributed by atoms with Crippen LogP contribution >= 0.6 is 31.9 Å². The van der Waals surface area contributed by atoms with Gasteiger partial charge < -0.3 is 0 Å². The third-order valence-corrected chi connectivity index (χ3v) is 4.06. The van der Waals surface area contributed by atoms with E-state index >= 15 is 0 Å². The van der Waals surface area contributed by atoms with Crippen LogP contribution in [-0.2, 0) is 17.1 Å². The van der Waals surface area contributed by atoms with Crippen molar-refractivity contribution in [2.75, 3.05) is 0 Å². The van der Waals surface area contributed by atoms with Gasteiger partial charge in [-0.2, -0.15) is 0 Å². The molecule has 0 fully saturated rings. The second-order valence-electron chi connectivity index (χ2n) is 4.08. The molecule has 2 rings (SSSR count). The lowest BCUT2D eigenvalue weighted by Crippen LogP contribution is -1.89. The molecular weight excluding hydrogens is 340 g/mol. The van der Waals surface area contributed by atoms with Crippen molar-refractivity contribution in [1.82, 2.24) is 0 Å². The molecule has 17 heavy (non-hydrogen) atoms. The van der Waals surface area contributed by atoms with Crippen molar-refractivity contribution in [3.05, 3.63) is 70.8 Å². The van der Waals surface area contributed by atoms with Crippen molar-refractivity contribution in [2.24, 2.45) is 0 Å². The summed E-state index contributed by atoms with van der Waals surface area (Å²) in [7, 11) is 0. The number of hydrogen-bond donors (Lipinski definition) is 0. The highest BCUT2D eigenvalue weighted by Crippen LogP contribution is 2.14. The number of alkyl halides is 2. The molecule has 0 amide bonds. The van der Waals surface area contributed by atoms with Gasteiger partial charge in [0.15, 0.2) is 0 Å². The molecule has 0 N–H and O–H groups in total. The molecule has 0 spiro atoms. The first-order chi connectivity index (χ1) is 8.31. The molecule has 2 aromatic rings. The van der Waals surface area contributed by atoms with Crippen LogP contribution in [0.25, 0.3) is 0 Å². The third kappa shape index (κ3) is 3.68. The highest BCUT2D eigenvalue weighted by atomic mass is 79.9. The summed E-state index contributed by atoms with van der Waals surface area (Å²) in [5, 5.41) is 1.85. The molecule has 0 saturated heterocycles. The zero-order chi connectivity index (χ0) is 12.1. The van der Waals surface area contributed by atoms with Gasteiger partial charge in [-0.25, -0.2) is 0 Å². The van der Waals surface area contributed by atoms with E-state index in [1.54, 1.807) is 0 Å². The minimum atomic E-state index is 0.924. The highest BCUT2D eigenvalue weighted by Gasteiger charge is 1.97. The van der Waals surface area contributed by atoms with Crippen molar-refractivity contribution < 1.29 is 0 Å². The SMILES string of the molecule is BrCc1ccc(Cc2ccc(CBr)cc2)cc1. The molecule has 0 bridgehead atoms. The lowest BCUT2D eigenvalue weighted by Gasteiger charge is -2.04. The van der Waals surface area contributed by atoms with Crippen LogP contribution in [0.2, 0.25) is 0 Å². The van der Waals surface area contributed by atoms with Crippen molar-refractivity contribution in [3.63, 3.8) is 0 Å². The van der Waals surface area contributed by atoms with E-state index in [1.807, 2.05) is 0 Å². The molecule has 2 aromatic carbocycles. The van der Waals surface area contributed by atoms with E-state index in [0.29, 0.717) is 0 Å². The Morgan fingerprint density at radius 2 is 0.824 bits per heavy atom. The Bertz CT molecular complexity index is 412. The van der Waals surface area contributed by atoms with E-state index in [9.17, 15) is 0 Å². The maximum atomic E-state index is 3.46. The molecule has 0 unspecified atom stereocenters. The standard InChI is InChI=1S/C15H14Br2/c16-10-14-5-1-12(2-6-14)9-13-3-7-15(11-17)8-4-13/h1-8H,9-11H2. The average Bonchev–Trinajstić information content (AvgIpc) is 2.40. The van der Waals surface area contributed by atoms with Gasteiger partial charge >= 0.3 is 0 Å². The van der Waals surface area contributed by atoms with E-state index in [0.717, 1.165) is 17.1 Å². The summed E-state index contributed by atoms with van der Waals surface area (Å²) < 4.78 is 0. The van der Waals surface area contributed by atoms with Crippen molar-refractivity contribution >= 4 is 31.9 Å². The van der Waals surface area contributed by atoms with Gasteiger partial charge in [0.05, 0.1) is 0 Å². The van der Waals surface area contributed by atoms with Gasteiger partial charge in [0.25, 0.3) is 0 Å². The molecular formula is C15H14Br2. The van der Waals surface area contributed by atoms with Gasteiger partial charge in [-0.1, -0.05) is 80.4 Å². The molecule has 0 radical (unpaired) electrons. The normalized spacial score (nSPS) is 10.5. The average molecular weight is 354 g/mol. The predicted octanol–water partition coefficient (Wildman–Crippen LogP) is 5.07. The van der Waals surface area contributed by atoms with Gasteiger partial charge in [0.2, 0.25) is 0 Å². The maximum Gasteiger partial charge on any atom is 0.0283 e. The number of halogens is 2. The Balaban J connectivity index is 2.08. The smallest absolute Gasteiger partial charge is 0.0283 e. The van der Waals surface area contributed by atoms with Crippen LogP contribution < -0.4 is 0 Å². The van der Waals surface area contributed by atoms with E-state index in [2.05, 4.69) is 80.4 Å². The van der Waals surface area contributed by atoms with E-state index in [1.165, 1.54) is 22.3 Å². The summed E-state index contributed by atoms with van der Waals surface area (Å²) >= 11 is 6.92. The molecule has 0 atom stereocenters. The number of rotatable bonds is 4. The lowest BCUT2D eigenvalue weighted by atomic mass is 10.0. The zero-order valence-corrected chi connectivity index (χ0v) is 12.7. The molecule has 0 heterocycles. The quantitative estimate of drug-likeness (QED) is 0.673. The fourth-order valence-corrected chi connectivity index (χ4v) is 2.48. The van der Waals surface area contributed by atoms with Crippen molar-refractivity contribution in [1.29, 1.82) is 0 Å². The Morgan fingerprint density at radius 1 is 0.529 bits per heavy atom. The van der Waals surface area contributed by atoms with Crippen LogP contribution in [0.4, 0.5) is 0 Å². The number of hydrogen-bond acceptors (Lipinski definition) is 0. The summed E-state index contributed by atoms with van der Waals surface area (Å²) in [6.45, 7) is 0. The zero-order valence-electron chi connectivity index (χ0n) is 9.50. The minimum Gasteiger partial charge on any atom is -0.0876 e. The van der Waals surface area contributed by atoms with Gasteiger partial charge in [0.1, 0.15) is 0 Å². The molecule has 0 aliphatic rings. The summed E-state index contributed by atoms with van der Waals surface area (Å²) in [5.41, 5.74) is 5.37. The van der Waals surface area contributed by atoms with Crippen LogP contribution in [0, 0.1) is 0 Å². The molecule has 2 heteroatoms. The highest BCUT2D eigenvalue weighted by molar-refractivity contribution is 9.08. The monoisotopic (exact) mass is 352 g/mol. The molecule has 0 saturated carbocycles. The first-order valence-electron chi connectivity index (χ1n) is 5.59. The second kappa shape index (κ2) is 6.36. The topological polar surface area (TPSA) is 0 Å². The Labute approximate surface area is 119 Å². The molecule has 0 aromatic heterocycles. The Morgan fingerprint density at radius 3 is 1.12 bits per heavy atom. The summed E-state index contributed by atoms with van der Waals surface area (Å²) in [5.74, 6) is 0. The fraction of sp³-hybridized carbons (Fsp3) is 0.200. The van der Waals surface area contributed by atoms with Gasteiger partial charge in [-0.3, -0.25) is 0 Å². The molecule has 0 aliphatic carbocycles. The van der Waals surface area contributed by atoms with Gasteiger partial charge in [-0.05, 0) is 28.7 Å². The van der Waals surface area contributed by atoms with Crippen LogP contribution in [0.3, 0.4) is 0 Å². The predicted molar refractivity (Wildman–Crippen MR) is 81.0 cm³/mol. The van der Waals surface area contributed by atoms with Crippen molar-refractivity contribution in [3.8, 4) is 0 Å². The van der Waals surface area contributed by atoms with E-state index < -0.39 is 0 Å². The maximum absolute atomic E-state index is 3.46. The molecule has 88 valence electrons. The summed E-state index contributed by atoms with van der Waals surface area (Å²) in [4.78, 5) is 0. The number of benzene rings is 2. The molecule has 0 aliphatic heterocycles. The van der Waals surface area contributed by atoms with Crippen molar-refractivity contribution in [2.45, 2.75) is 17.1 Å². The van der Waals surface area contributed by atoms with Crippen LogP contribution in [-0.4, -0.2) is 0 Å². The van der Waals surface area contributed by atoms with Crippen LogP contribution in [0.5, 0.6) is 0 Å². The summed E-state index contributed by atoms with van der Waals surface area (Å²) in [6.07, 6.45) is 1.01. The third-order valence-electron chi connectivity index (χ3n) is 2.76. The van der Waals surface area contributed by atoms with Gasteiger partial charge in [0, 0.05) is 10.7 Å². The van der Waals surface area contributed by atoms with Crippen LogP contribution in [0.1, 0.15) is 22.3 Å². The largest absolute Gasteiger partial charge is 0.0876 e. The fourth-order valence-electron chi connectivity index (χ4n) is 1.73. The van der Waals surface area contributed by atoms with Gasteiger partial charge in [-0.15, -0.1) is 0 Å². The second-order valence-corrected chi connectivity index (χ2v) is 5.20. The first kappa shape index (κ1) is 12.8. The first-order valence-corrected chi connectivity index (χ1v) is 7.83. The van der Waals surface area contributed by atoms with E-state index in [-0.39, 0.29) is 0 Å². The Hall–Kier alpha value is -0.600. The van der Waals surface area contributed by atoms with Crippen LogP contribution in [0.15, 0.2) is 48.5 Å². The van der Waals surface area contributed by atoms with E-state index in [4.69, 9.17) is 0 Å². The minimum absolute atomic E-state index is 0.924. The lowest BCUT2D eigenvalue weighted by molar-refractivity contribution is 1.18. The Kier molecular flexibility index (Phi) is 4.81. The summed E-state index contributed by atoms with van der Waals surface area (Å²) in [6, 6.07) is 17.5. The molecule has 0 nitrogen and oxygen atoms in total.